The van der Waals surface area contributed by atoms with E-state index in [1.54, 1.807) is 25.3 Å². The SMILES string of the molecule is CNc1ccc(/C=C2/SC(=Nc3ccc(C)cc3C)NC2=O)cc1[N+](=O)[O-]. The molecule has 27 heavy (non-hydrogen) atoms. The van der Waals surface area contributed by atoms with Gasteiger partial charge in [-0.1, -0.05) is 23.8 Å². The molecule has 138 valence electrons. The average molecular weight is 382 g/mol. The Morgan fingerprint density at radius 2 is 2.00 bits per heavy atom. The molecule has 1 aliphatic heterocycles. The number of benzene rings is 2. The van der Waals surface area contributed by atoms with Crippen LogP contribution in [0.5, 0.6) is 0 Å². The molecule has 0 spiro atoms. The van der Waals surface area contributed by atoms with Crippen LogP contribution in [0.4, 0.5) is 17.1 Å². The lowest BCUT2D eigenvalue weighted by atomic mass is 10.1. The van der Waals surface area contributed by atoms with Crippen molar-refractivity contribution >= 4 is 46.0 Å². The van der Waals surface area contributed by atoms with E-state index < -0.39 is 4.92 Å². The Morgan fingerprint density at radius 3 is 2.67 bits per heavy atom. The maximum absolute atomic E-state index is 12.2. The van der Waals surface area contributed by atoms with E-state index in [2.05, 4.69) is 15.6 Å². The third-order valence-electron chi connectivity index (χ3n) is 4.01. The van der Waals surface area contributed by atoms with Crippen LogP contribution in [0.1, 0.15) is 16.7 Å². The number of amidine groups is 1. The van der Waals surface area contributed by atoms with Crippen molar-refractivity contribution < 1.29 is 9.72 Å². The second-order valence-corrected chi connectivity index (χ2v) is 7.09. The van der Waals surface area contributed by atoms with E-state index in [9.17, 15) is 14.9 Å². The number of nitro groups is 1. The van der Waals surface area contributed by atoms with Gasteiger partial charge in [-0.25, -0.2) is 4.99 Å². The molecular weight excluding hydrogens is 364 g/mol. The summed E-state index contributed by atoms with van der Waals surface area (Å²) in [5.41, 5.74) is 3.91. The van der Waals surface area contributed by atoms with Crippen LogP contribution in [0.2, 0.25) is 0 Å². The molecule has 1 heterocycles. The molecular formula is C19H18N4O3S. The number of rotatable bonds is 4. The second kappa shape index (κ2) is 7.63. The van der Waals surface area contributed by atoms with E-state index >= 15 is 0 Å². The van der Waals surface area contributed by atoms with Gasteiger partial charge in [-0.2, -0.15) is 0 Å². The monoisotopic (exact) mass is 382 g/mol. The summed E-state index contributed by atoms with van der Waals surface area (Å²) in [6.07, 6.45) is 1.62. The lowest BCUT2D eigenvalue weighted by Gasteiger charge is -2.03. The van der Waals surface area contributed by atoms with Crippen molar-refractivity contribution in [1.29, 1.82) is 0 Å². The van der Waals surface area contributed by atoms with Gasteiger partial charge in [-0.05, 0) is 54.9 Å². The number of nitro benzene ring substituents is 1. The van der Waals surface area contributed by atoms with E-state index in [0.29, 0.717) is 21.3 Å². The van der Waals surface area contributed by atoms with Gasteiger partial charge in [-0.3, -0.25) is 14.9 Å². The number of hydrogen-bond acceptors (Lipinski definition) is 6. The van der Waals surface area contributed by atoms with Crippen LogP contribution in [-0.4, -0.2) is 23.0 Å². The quantitative estimate of drug-likeness (QED) is 0.470. The molecule has 1 amide bonds. The first kappa shape index (κ1) is 18.7. The number of nitrogens with one attached hydrogen (secondary N) is 2. The van der Waals surface area contributed by atoms with Crippen LogP contribution in [0.3, 0.4) is 0 Å². The topological polar surface area (TPSA) is 96.6 Å². The Labute approximate surface area is 160 Å². The number of aryl methyl sites for hydroxylation is 2. The van der Waals surface area contributed by atoms with Gasteiger partial charge >= 0.3 is 0 Å². The van der Waals surface area contributed by atoms with Crippen molar-refractivity contribution in [2.75, 3.05) is 12.4 Å². The van der Waals surface area contributed by atoms with E-state index in [1.807, 2.05) is 32.0 Å². The van der Waals surface area contributed by atoms with E-state index in [0.717, 1.165) is 16.8 Å². The fourth-order valence-electron chi connectivity index (χ4n) is 2.67. The van der Waals surface area contributed by atoms with Crippen molar-refractivity contribution in [3.05, 3.63) is 68.1 Å². The van der Waals surface area contributed by atoms with Gasteiger partial charge in [-0.15, -0.1) is 0 Å². The van der Waals surface area contributed by atoms with Gasteiger partial charge in [0.15, 0.2) is 5.17 Å². The van der Waals surface area contributed by atoms with E-state index in [4.69, 9.17) is 0 Å². The zero-order valence-electron chi connectivity index (χ0n) is 15.1. The van der Waals surface area contributed by atoms with Gasteiger partial charge in [0.1, 0.15) is 5.69 Å². The highest BCUT2D eigenvalue weighted by molar-refractivity contribution is 8.18. The third-order valence-corrected chi connectivity index (χ3v) is 4.92. The number of aliphatic imine (C=N–C) groups is 1. The third kappa shape index (κ3) is 4.17. The van der Waals surface area contributed by atoms with E-state index in [1.165, 1.54) is 17.8 Å². The first-order chi connectivity index (χ1) is 12.9. The molecule has 1 aliphatic rings. The second-order valence-electron chi connectivity index (χ2n) is 6.06. The van der Waals surface area contributed by atoms with Crippen molar-refractivity contribution in [2.24, 2.45) is 4.99 Å². The lowest BCUT2D eigenvalue weighted by molar-refractivity contribution is -0.384. The number of thioether (sulfide) groups is 1. The van der Waals surface area contributed by atoms with Gasteiger partial charge < -0.3 is 10.6 Å². The zero-order valence-corrected chi connectivity index (χ0v) is 15.9. The minimum atomic E-state index is -0.456. The summed E-state index contributed by atoms with van der Waals surface area (Å²) in [7, 11) is 1.62. The predicted molar refractivity (Wildman–Crippen MR) is 109 cm³/mol. The summed E-state index contributed by atoms with van der Waals surface area (Å²) in [6, 6.07) is 10.7. The van der Waals surface area contributed by atoms with Gasteiger partial charge in [0.2, 0.25) is 0 Å². The molecule has 2 N–H and O–H groups in total. The molecule has 8 heteroatoms. The van der Waals surface area contributed by atoms with Crippen molar-refractivity contribution in [3.8, 4) is 0 Å². The molecule has 0 atom stereocenters. The van der Waals surface area contributed by atoms with Crippen LogP contribution in [0.25, 0.3) is 6.08 Å². The van der Waals surface area contributed by atoms with Crippen LogP contribution >= 0.6 is 11.8 Å². The number of hydrogen-bond donors (Lipinski definition) is 2. The van der Waals surface area contributed by atoms with Crippen LogP contribution < -0.4 is 10.6 Å². The first-order valence-corrected chi connectivity index (χ1v) is 9.02. The highest BCUT2D eigenvalue weighted by atomic mass is 32.2. The minimum Gasteiger partial charge on any atom is -0.383 e. The lowest BCUT2D eigenvalue weighted by Crippen LogP contribution is -2.19. The largest absolute Gasteiger partial charge is 0.383 e. The summed E-state index contributed by atoms with van der Waals surface area (Å²) in [6.45, 7) is 3.97. The highest BCUT2D eigenvalue weighted by Crippen LogP contribution is 2.31. The number of amides is 1. The Hall–Kier alpha value is -3.13. The van der Waals surface area contributed by atoms with Gasteiger partial charge in [0.25, 0.3) is 11.6 Å². The Bertz CT molecular complexity index is 998. The molecule has 2 aromatic rings. The van der Waals surface area contributed by atoms with Crippen LogP contribution in [0, 0.1) is 24.0 Å². The fraction of sp³-hybridized carbons (Fsp3) is 0.158. The molecule has 0 aromatic heterocycles. The molecule has 0 saturated carbocycles. The first-order valence-electron chi connectivity index (χ1n) is 8.20. The number of carbonyl (C=O) groups is 1. The smallest absolute Gasteiger partial charge is 0.292 e. The van der Waals surface area contributed by atoms with Crippen molar-refractivity contribution in [1.82, 2.24) is 5.32 Å². The molecule has 7 nitrogen and oxygen atoms in total. The summed E-state index contributed by atoms with van der Waals surface area (Å²) in [5, 5.41) is 17.2. The molecule has 2 aromatic carbocycles. The Balaban J connectivity index is 1.88. The maximum atomic E-state index is 12.2. The average Bonchev–Trinajstić information content (AvgIpc) is 2.96. The molecule has 3 rings (SSSR count). The molecule has 0 unspecified atom stereocenters. The summed E-state index contributed by atoms with van der Waals surface area (Å²) >= 11 is 1.21. The predicted octanol–water partition coefficient (Wildman–Crippen LogP) is 4.14. The maximum Gasteiger partial charge on any atom is 0.292 e. The number of carbonyl (C=O) groups excluding carboxylic acids is 1. The van der Waals surface area contributed by atoms with Crippen LogP contribution in [-0.2, 0) is 4.79 Å². The molecule has 0 radical (unpaired) electrons. The van der Waals surface area contributed by atoms with Gasteiger partial charge in [0.05, 0.1) is 15.5 Å². The molecule has 1 fully saturated rings. The van der Waals surface area contributed by atoms with E-state index in [-0.39, 0.29) is 11.6 Å². The molecule has 1 saturated heterocycles. The molecule has 0 bridgehead atoms. The summed E-state index contributed by atoms with van der Waals surface area (Å²) < 4.78 is 0. The van der Waals surface area contributed by atoms with Crippen molar-refractivity contribution in [2.45, 2.75) is 13.8 Å². The summed E-state index contributed by atoms with van der Waals surface area (Å²) in [5.74, 6) is -0.274. The fourth-order valence-corrected chi connectivity index (χ4v) is 3.51. The minimum absolute atomic E-state index is 0.0422. The highest BCUT2D eigenvalue weighted by Gasteiger charge is 2.24. The van der Waals surface area contributed by atoms with Gasteiger partial charge in [0, 0.05) is 13.1 Å². The standard InChI is InChI=1S/C19H18N4O3S/c1-11-4-6-14(12(2)8-11)21-19-22-18(24)17(27-19)10-13-5-7-15(20-3)16(9-13)23(25)26/h4-10,20H,1-3H3,(H,21,22,24)/b17-10+. The Kier molecular flexibility index (Phi) is 5.27. The van der Waals surface area contributed by atoms with Crippen LogP contribution in [0.15, 0.2) is 46.3 Å². The number of nitrogens with zero attached hydrogens (tertiary/aromatic N) is 2. The normalized spacial score (nSPS) is 16.6. The summed E-state index contributed by atoms with van der Waals surface area (Å²) in [4.78, 5) is 27.9. The van der Waals surface area contributed by atoms with Crippen molar-refractivity contribution in [3.63, 3.8) is 0 Å². The zero-order chi connectivity index (χ0) is 19.6. The number of anilines is 1. The molecule has 0 aliphatic carbocycles. The Morgan fingerprint density at radius 1 is 1.22 bits per heavy atom.